The first-order valence-corrected chi connectivity index (χ1v) is 11.9. The summed E-state index contributed by atoms with van der Waals surface area (Å²) in [5, 5.41) is 2.82. The molecular formula is C21H23ClF3N3O4S. The molecule has 0 aliphatic heterocycles. The van der Waals surface area contributed by atoms with Crippen molar-refractivity contribution in [2.75, 3.05) is 24.2 Å². The second kappa shape index (κ2) is 10.4. The average molecular weight is 506 g/mol. The van der Waals surface area contributed by atoms with E-state index in [0.29, 0.717) is 21.0 Å². The topological polar surface area (TPSA) is 86.8 Å². The Labute approximate surface area is 195 Å². The minimum Gasteiger partial charge on any atom is -0.357 e. The third-order valence-electron chi connectivity index (χ3n) is 4.80. The van der Waals surface area contributed by atoms with Crippen LogP contribution in [0.15, 0.2) is 48.5 Å². The van der Waals surface area contributed by atoms with E-state index in [1.165, 1.54) is 14.0 Å². The normalized spacial score (nSPS) is 12.7. The number of anilines is 1. The van der Waals surface area contributed by atoms with E-state index in [4.69, 9.17) is 11.6 Å². The Morgan fingerprint density at radius 2 is 1.76 bits per heavy atom. The third-order valence-corrected chi connectivity index (χ3v) is 6.17. The summed E-state index contributed by atoms with van der Waals surface area (Å²) in [7, 11) is -2.76. The maximum atomic E-state index is 13.2. The lowest BCUT2D eigenvalue weighted by atomic mass is 10.1. The highest BCUT2D eigenvalue weighted by Crippen LogP contribution is 2.32. The summed E-state index contributed by atoms with van der Waals surface area (Å²) in [4.78, 5) is 26.6. The fraction of sp³-hybridized carbons (Fsp3) is 0.333. The van der Waals surface area contributed by atoms with Crippen molar-refractivity contribution in [2.45, 2.75) is 25.7 Å². The molecule has 0 radical (unpaired) electrons. The van der Waals surface area contributed by atoms with Crippen LogP contribution in [-0.4, -0.2) is 51.0 Å². The SMILES string of the molecule is CNC(=O)[C@H](C)N(Cc1cccc(Cl)c1)C(=O)CN(c1cccc(C(F)(F)F)c1)S(C)(=O)=O. The number of nitrogens with one attached hydrogen (secondary N) is 1. The Hall–Kier alpha value is -2.79. The minimum absolute atomic E-state index is 0.0752. The Morgan fingerprint density at radius 3 is 2.30 bits per heavy atom. The van der Waals surface area contributed by atoms with E-state index in [-0.39, 0.29) is 12.2 Å². The third kappa shape index (κ3) is 7.10. The van der Waals surface area contributed by atoms with Gasteiger partial charge in [0.2, 0.25) is 21.8 Å². The molecule has 0 fully saturated rings. The highest BCUT2D eigenvalue weighted by atomic mass is 35.5. The second-order valence-electron chi connectivity index (χ2n) is 7.26. The molecule has 0 bridgehead atoms. The van der Waals surface area contributed by atoms with E-state index in [1.54, 1.807) is 24.3 Å². The summed E-state index contributed by atoms with van der Waals surface area (Å²) in [5.74, 6) is -1.29. The molecule has 0 unspecified atom stereocenters. The van der Waals surface area contributed by atoms with Crippen molar-refractivity contribution in [2.24, 2.45) is 0 Å². The average Bonchev–Trinajstić information content (AvgIpc) is 2.73. The van der Waals surface area contributed by atoms with Crippen LogP contribution in [0.3, 0.4) is 0 Å². The molecule has 0 heterocycles. The maximum absolute atomic E-state index is 13.2. The minimum atomic E-state index is -4.70. The monoisotopic (exact) mass is 505 g/mol. The van der Waals surface area contributed by atoms with Gasteiger partial charge in [-0.3, -0.25) is 13.9 Å². The van der Waals surface area contributed by atoms with Crippen molar-refractivity contribution >= 4 is 39.1 Å². The number of carbonyl (C=O) groups is 2. The van der Waals surface area contributed by atoms with Crippen molar-refractivity contribution in [1.29, 1.82) is 0 Å². The van der Waals surface area contributed by atoms with Gasteiger partial charge in [-0.1, -0.05) is 29.8 Å². The van der Waals surface area contributed by atoms with Gasteiger partial charge in [0, 0.05) is 18.6 Å². The van der Waals surface area contributed by atoms with E-state index in [2.05, 4.69) is 5.32 Å². The molecule has 0 aliphatic rings. The number of sulfonamides is 1. The molecule has 12 heteroatoms. The molecular weight excluding hydrogens is 483 g/mol. The molecule has 0 aliphatic carbocycles. The Balaban J connectivity index is 2.43. The van der Waals surface area contributed by atoms with Gasteiger partial charge < -0.3 is 10.2 Å². The van der Waals surface area contributed by atoms with Crippen LogP contribution in [-0.2, 0) is 32.3 Å². The fourth-order valence-electron chi connectivity index (χ4n) is 3.07. The predicted octanol–water partition coefficient (Wildman–Crippen LogP) is 3.29. The van der Waals surface area contributed by atoms with Crippen molar-refractivity contribution in [3.63, 3.8) is 0 Å². The largest absolute Gasteiger partial charge is 0.416 e. The number of likely N-dealkylation sites (N-methyl/N-ethyl adjacent to an activating group) is 1. The van der Waals surface area contributed by atoms with Crippen LogP contribution in [0.2, 0.25) is 5.02 Å². The van der Waals surface area contributed by atoms with E-state index in [9.17, 15) is 31.2 Å². The zero-order valence-corrected chi connectivity index (χ0v) is 19.6. The zero-order chi connectivity index (χ0) is 25.0. The number of amides is 2. The molecule has 2 aromatic carbocycles. The molecule has 2 amide bonds. The molecule has 2 aromatic rings. The van der Waals surface area contributed by atoms with Crippen molar-refractivity contribution in [3.05, 3.63) is 64.7 Å². The number of halogens is 4. The number of alkyl halides is 3. The molecule has 33 heavy (non-hydrogen) atoms. The standard InChI is InChI=1S/C21H23ClF3N3O4S/c1-14(20(30)26-2)27(12-15-6-4-8-17(22)10-15)19(29)13-28(33(3,31)32)18-9-5-7-16(11-18)21(23,24)25/h4-11,14H,12-13H2,1-3H3,(H,26,30)/t14-/m0/s1. The Morgan fingerprint density at radius 1 is 1.12 bits per heavy atom. The smallest absolute Gasteiger partial charge is 0.357 e. The summed E-state index contributed by atoms with van der Waals surface area (Å²) in [5.41, 5.74) is -0.803. The van der Waals surface area contributed by atoms with Crippen LogP contribution < -0.4 is 9.62 Å². The molecule has 1 N–H and O–H groups in total. The van der Waals surface area contributed by atoms with Gasteiger partial charge in [0.1, 0.15) is 12.6 Å². The van der Waals surface area contributed by atoms with Gasteiger partial charge in [-0.2, -0.15) is 13.2 Å². The van der Waals surface area contributed by atoms with Crippen molar-refractivity contribution in [3.8, 4) is 0 Å². The maximum Gasteiger partial charge on any atom is 0.416 e. The number of hydrogen-bond donors (Lipinski definition) is 1. The first kappa shape index (κ1) is 26.5. The van der Waals surface area contributed by atoms with Crippen LogP contribution in [0.5, 0.6) is 0 Å². The van der Waals surface area contributed by atoms with E-state index in [0.717, 1.165) is 29.4 Å². The van der Waals surface area contributed by atoms with Gasteiger partial charge in [0.25, 0.3) is 0 Å². The highest BCUT2D eigenvalue weighted by Gasteiger charge is 2.33. The summed E-state index contributed by atoms with van der Waals surface area (Å²) in [6, 6.07) is 9.19. The lowest BCUT2D eigenvalue weighted by Gasteiger charge is -2.31. The molecule has 0 aromatic heterocycles. The van der Waals surface area contributed by atoms with Crippen LogP contribution in [0.1, 0.15) is 18.1 Å². The van der Waals surface area contributed by atoms with Gasteiger partial charge in [0.05, 0.1) is 17.5 Å². The van der Waals surface area contributed by atoms with Gasteiger partial charge in [-0.25, -0.2) is 8.42 Å². The number of nitrogens with zero attached hydrogens (tertiary/aromatic N) is 2. The molecule has 0 spiro atoms. The zero-order valence-electron chi connectivity index (χ0n) is 18.1. The second-order valence-corrected chi connectivity index (χ2v) is 9.60. The quantitative estimate of drug-likeness (QED) is 0.596. The first-order valence-electron chi connectivity index (χ1n) is 9.64. The molecule has 1 atom stereocenters. The molecule has 0 saturated carbocycles. The summed E-state index contributed by atoms with van der Waals surface area (Å²) >= 11 is 5.99. The molecule has 7 nitrogen and oxygen atoms in total. The van der Waals surface area contributed by atoms with E-state index >= 15 is 0 Å². The van der Waals surface area contributed by atoms with Crippen molar-refractivity contribution < 1.29 is 31.2 Å². The summed E-state index contributed by atoms with van der Waals surface area (Å²) in [6.07, 6.45) is -3.92. The van der Waals surface area contributed by atoms with Gasteiger partial charge in [-0.15, -0.1) is 0 Å². The van der Waals surface area contributed by atoms with Crippen LogP contribution >= 0.6 is 11.6 Å². The first-order chi connectivity index (χ1) is 15.2. The lowest BCUT2D eigenvalue weighted by molar-refractivity contribution is -0.139. The van der Waals surface area contributed by atoms with Gasteiger partial charge >= 0.3 is 6.18 Å². The number of benzene rings is 2. The van der Waals surface area contributed by atoms with Crippen LogP contribution in [0.25, 0.3) is 0 Å². The number of hydrogen-bond acceptors (Lipinski definition) is 4. The Kier molecular flexibility index (Phi) is 8.36. The van der Waals surface area contributed by atoms with Crippen LogP contribution in [0, 0.1) is 0 Å². The summed E-state index contributed by atoms with van der Waals surface area (Å²) < 4.78 is 64.7. The summed E-state index contributed by atoms with van der Waals surface area (Å²) in [6.45, 7) is 0.576. The predicted molar refractivity (Wildman–Crippen MR) is 119 cm³/mol. The highest BCUT2D eigenvalue weighted by molar-refractivity contribution is 7.92. The fourth-order valence-corrected chi connectivity index (χ4v) is 4.13. The van der Waals surface area contributed by atoms with Gasteiger partial charge in [-0.05, 0) is 42.8 Å². The number of carbonyl (C=O) groups excluding carboxylic acids is 2. The van der Waals surface area contributed by atoms with E-state index < -0.39 is 46.2 Å². The Bertz CT molecular complexity index is 1130. The van der Waals surface area contributed by atoms with Crippen LogP contribution in [0.4, 0.5) is 18.9 Å². The lowest BCUT2D eigenvalue weighted by Crippen LogP contribution is -2.50. The molecule has 0 saturated heterocycles. The van der Waals surface area contributed by atoms with Crippen molar-refractivity contribution in [1.82, 2.24) is 10.2 Å². The van der Waals surface area contributed by atoms with Gasteiger partial charge in [0.15, 0.2) is 0 Å². The molecule has 180 valence electrons. The number of rotatable bonds is 8. The molecule has 2 rings (SSSR count). The van der Waals surface area contributed by atoms with E-state index in [1.807, 2.05) is 0 Å².